The van der Waals surface area contributed by atoms with Crippen LogP contribution in [0.2, 0.25) is 0 Å². The fraction of sp³-hybridized carbons (Fsp3) is 0.727. The van der Waals surface area contributed by atoms with Gasteiger partial charge >= 0.3 is 0 Å². The van der Waals surface area contributed by atoms with Crippen molar-refractivity contribution in [1.29, 1.82) is 0 Å². The maximum absolute atomic E-state index is 5.85. The Hall–Kier alpha value is -0.300. The highest BCUT2D eigenvalue weighted by atomic mass is 35.5. The lowest BCUT2D eigenvalue weighted by Gasteiger charge is -2.22. The minimum Gasteiger partial charge on any atom is -0.277 e. The summed E-state index contributed by atoms with van der Waals surface area (Å²) in [5, 5.41) is 0.628. The van der Waals surface area contributed by atoms with E-state index < -0.39 is 0 Å². The Morgan fingerprint density at radius 1 is 1.31 bits per heavy atom. The average molecular weight is 200 g/mol. The first-order chi connectivity index (χ1) is 6.24. The molecule has 1 aliphatic carbocycles. The zero-order valence-corrected chi connectivity index (χ0v) is 9.27. The maximum Gasteiger partial charge on any atom is 0.123 e. The molecule has 1 fully saturated rings. The Kier molecular flexibility index (Phi) is 4.51. The highest BCUT2D eigenvalue weighted by molar-refractivity contribution is 6.68. The standard InChI is InChI=1S/C11H18ClN/c1-9(8-11(12)13-2)10-6-4-3-5-7-10/h8,10H,3-7H2,1-2H3/b9-8+,13-11+. The number of aliphatic imine (C=N–C) groups is 1. The van der Waals surface area contributed by atoms with E-state index in [2.05, 4.69) is 11.9 Å². The molecule has 1 rings (SSSR count). The van der Waals surface area contributed by atoms with E-state index in [9.17, 15) is 0 Å². The van der Waals surface area contributed by atoms with Crippen molar-refractivity contribution in [3.05, 3.63) is 11.6 Å². The molecule has 0 aromatic carbocycles. The van der Waals surface area contributed by atoms with E-state index in [0.717, 1.165) is 5.92 Å². The maximum atomic E-state index is 5.85. The van der Waals surface area contributed by atoms with Gasteiger partial charge in [-0.25, -0.2) is 0 Å². The summed E-state index contributed by atoms with van der Waals surface area (Å²) >= 11 is 5.85. The predicted octanol–water partition coefficient (Wildman–Crippen LogP) is 3.78. The van der Waals surface area contributed by atoms with Gasteiger partial charge in [-0.05, 0) is 31.8 Å². The molecule has 0 saturated heterocycles. The number of halogens is 1. The number of hydrogen-bond donors (Lipinski definition) is 0. The summed E-state index contributed by atoms with van der Waals surface area (Å²) < 4.78 is 0. The van der Waals surface area contributed by atoms with Crippen molar-refractivity contribution < 1.29 is 0 Å². The molecule has 0 heterocycles. The first-order valence-electron chi connectivity index (χ1n) is 5.04. The highest BCUT2D eigenvalue weighted by Crippen LogP contribution is 2.29. The van der Waals surface area contributed by atoms with E-state index in [1.807, 2.05) is 6.08 Å². The molecule has 0 atom stereocenters. The second kappa shape index (κ2) is 5.43. The number of hydrogen-bond acceptors (Lipinski definition) is 1. The summed E-state index contributed by atoms with van der Waals surface area (Å²) in [5.41, 5.74) is 1.40. The van der Waals surface area contributed by atoms with Gasteiger partial charge in [0.1, 0.15) is 5.17 Å². The van der Waals surface area contributed by atoms with Gasteiger partial charge < -0.3 is 0 Å². The van der Waals surface area contributed by atoms with Crippen LogP contribution in [0.5, 0.6) is 0 Å². The summed E-state index contributed by atoms with van der Waals surface area (Å²) in [6, 6.07) is 0. The van der Waals surface area contributed by atoms with Crippen LogP contribution in [0.25, 0.3) is 0 Å². The molecule has 0 radical (unpaired) electrons. The lowest BCUT2D eigenvalue weighted by atomic mass is 9.84. The molecule has 74 valence electrons. The molecule has 0 unspecified atom stereocenters. The van der Waals surface area contributed by atoms with Crippen LogP contribution in [0.4, 0.5) is 0 Å². The molecule has 2 heteroatoms. The highest BCUT2D eigenvalue weighted by Gasteiger charge is 2.14. The van der Waals surface area contributed by atoms with Gasteiger partial charge in [-0.1, -0.05) is 36.4 Å². The van der Waals surface area contributed by atoms with E-state index in [1.165, 1.54) is 37.7 Å². The van der Waals surface area contributed by atoms with Crippen LogP contribution < -0.4 is 0 Å². The van der Waals surface area contributed by atoms with Gasteiger partial charge in [0.05, 0.1) is 0 Å². The van der Waals surface area contributed by atoms with Gasteiger partial charge in [-0.2, -0.15) is 0 Å². The number of nitrogens with zero attached hydrogens (tertiary/aromatic N) is 1. The average Bonchev–Trinajstić information content (AvgIpc) is 2.19. The van der Waals surface area contributed by atoms with Gasteiger partial charge in [-0.15, -0.1) is 0 Å². The Morgan fingerprint density at radius 2 is 1.92 bits per heavy atom. The Bertz CT molecular complexity index is 212. The van der Waals surface area contributed by atoms with E-state index in [0.29, 0.717) is 5.17 Å². The third-order valence-corrected chi connectivity index (χ3v) is 3.09. The summed E-state index contributed by atoms with van der Waals surface area (Å²) in [5.74, 6) is 0.754. The molecule has 0 aromatic rings. The van der Waals surface area contributed by atoms with Crippen LogP contribution in [0.3, 0.4) is 0 Å². The molecule has 0 bridgehead atoms. The first kappa shape index (κ1) is 10.8. The fourth-order valence-electron chi connectivity index (χ4n) is 1.93. The van der Waals surface area contributed by atoms with Gasteiger partial charge in [-0.3, -0.25) is 4.99 Å². The second-order valence-corrected chi connectivity index (χ2v) is 4.16. The third kappa shape index (κ3) is 3.51. The van der Waals surface area contributed by atoms with Crippen LogP contribution in [0.15, 0.2) is 16.6 Å². The van der Waals surface area contributed by atoms with Crippen LogP contribution >= 0.6 is 11.6 Å². The minimum absolute atomic E-state index is 0.628. The van der Waals surface area contributed by atoms with Gasteiger partial charge in [0.2, 0.25) is 0 Å². The van der Waals surface area contributed by atoms with E-state index in [1.54, 1.807) is 7.05 Å². The minimum atomic E-state index is 0.628. The number of rotatable bonds is 2. The Morgan fingerprint density at radius 3 is 2.46 bits per heavy atom. The molecule has 0 N–H and O–H groups in total. The smallest absolute Gasteiger partial charge is 0.123 e. The van der Waals surface area contributed by atoms with Crippen molar-refractivity contribution in [2.45, 2.75) is 39.0 Å². The monoisotopic (exact) mass is 199 g/mol. The zero-order chi connectivity index (χ0) is 9.68. The normalized spacial score (nSPS) is 22.1. The molecule has 0 aromatic heterocycles. The molecule has 1 aliphatic rings. The SMILES string of the molecule is C/N=C(Cl)\C=C(/C)C1CCCCC1. The predicted molar refractivity (Wildman–Crippen MR) is 59.5 cm³/mol. The second-order valence-electron chi connectivity index (χ2n) is 3.77. The molecular formula is C11H18ClN. The van der Waals surface area contributed by atoms with E-state index in [-0.39, 0.29) is 0 Å². The van der Waals surface area contributed by atoms with Crippen molar-refractivity contribution >= 4 is 16.8 Å². The fourth-order valence-corrected chi connectivity index (χ4v) is 2.10. The zero-order valence-electron chi connectivity index (χ0n) is 8.52. The Labute approximate surface area is 85.9 Å². The summed E-state index contributed by atoms with van der Waals surface area (Å²) in [6.45, 7) is 2.17. The van der Waals surface area contributed by atoms with Crippen molar-refractivity contribution in [1.82, 2.24) is 0 Å². The van der Waals surface area contributed by atoms with Crippen molar-refractivity contribution in [3.8, 4) is 0 Å². The van der Waals surface area contributed by atoms with Crippen LogP contribution in [-0.4, -0.2) is 12.2 Å². The van der Waals surface area contributed by atoms with Crippen molar-refractivity contribution in [2.75, 3.05) is 7.05 Å². The van der Waals surface area contributed by atoms with Crippen LogP contribution in [0.1, 0.15) is 39.0 Å². The Balaban J connectivity index is 2.54. The molecule has 1 nitrogen and oxygen atoms in total. The van der Waals surface area contributed by atoms with Crippen molar-refractivity contribution in [2.24, 2.45) is 10.9 Å². The summed E-state index contributed by atoms with van der Waals surface area (Å²) in [6.07, 6.45) is 8.82. The van der Waals surface area contributed by atoms with E-state index in [4.69, 9.17) is 11.6 Å². The topological polar surface area (TPSA) is 12.4 Å². The van der Waals surface area contributed by atoms with E-state index >= 15 is 0 Å². The molecule has 0 aliphatic heterocycles. The molecule has 13 heavy (non-hydrogen) atoms. The van der Waals surface area contributed by atoms with Gasteiger partial charge in [0.15, 0.2) is 0 Å². The lowest BCUT2D eigenvalue weighted by molar-refractivity contribution is 0.403. The molecular weight excluding hydrogens is 182 g/mol. The summed E-state index contributed by atoms with van der Waals surface area (Å²) in [7, 11) is 1.73. The quantitative estimate of drug-likeness (QED) is 0.601. The van der Waals surface area contributed by atoms with Crippen LogP contribution in [-0.2, 0) is 0 Å². The molecule has 0 amide bonds. The third-order valence-electron chi connectivity index (χ3n) is 2.81. The first-order valence-corrected chi connectivity index (χ1v) is 5.42. The van der Waals surface area contributed by atoms with Gasteiger partial charge in [0, 0.05) is 7.05 Å². The lowest BCUT2D eigenvalue weighted by Crippen LogP contribution is -2.07. The largest absolute Gasteiger partial charge is 0.277 e. The number of allylic oxidation sites excluding steroid dienone is 2. The van der Waals surface area contributed by atoms with Gasteiger partial charge in [0.25, 0.3) is 0 Å². The summed E-state index contributed by atoms with van der Waals surface area (Å²) in [4.78, 5) is 3.93. The van der Waals surface area contributed by atoms with Crippen molar-refractivity contribution in [3.63, 3.8) is 0 Å². The molecule has 1 saturated carbocycles. The molecule has 0 spiro atoms. The van der Waals surface area contributed by atoms with Crippen LogP contribution in [0, 0.1) is 5.92 Å².